The summed E-state index contributed by atoms with van der Waals surface area (Å²) < 4.78 is 0. The number of carboxylic acid groups (broad SMARTS) is 1. The molecule has 5 nitrogen and oxygen atoms in total. The molecule has 3 saturated carbocycles. The Bertz CT molecular complexity index is 1250. The number of nitrogens with one attached hydrogen (secondary N) is 1. The van der Waals surface area contributed by atoms with Crippen molar-refractivity contribution >= 4 is 11.8 Å². The van der Waals surface area contributed by atoms with Crippen molar-refractivity contribution in [2.75, 3.05) is 5.73 Å². The van der Waals surface area contributed by atoms with E-state index in [2.05, 4.69) is 66.2 Å². The lowest BCUT2D eigenvalue weighted by Crippen LogP contribution is -2.65. The zero-order valence-electron chi connectivity index (χ0n) is 24.8. The third-order valence-corrected chi connectivity index (χ3v) is 13.6. The quantitative estimate of drug-likeness (QED) is 0.378. The molecule has 38 heavy (non-hydrogen) atoms. The summed E-state index contributed by atoms with van der Waals surface area (Å²) in [5.41, 5.74) is 11.3. The van der Waals surface area contributed by atoms with Crippen molar-refractivity contribution in [1.29, 1.82) is 0 Å². The number of hydrogen-bond donors (Lipinski definition) is 3. The van der Waals surface area contributed by atoms with Gasteiger partial charge >= 0.3 is 5.97 Å². The molecule has 6 rings (SSSR count). The number of rotatable bonds is 2. The van der Waals surface area contributed by atoms with Crippen molar-refractivity contribution in [3.63, 3.8) is 0 Å². The largest absolute Gasteiger partial charge is 0.481 e. The lowest BCUT2D eigenvalue weighted by atomic mass is 9.33. The first-order chi connectivity index (χ1) is 17.6. The zero-order valence-corrected chi connectivity index (χ0v) is 24.8. The number of aromatic amines is 1. The Morgan fingerprint density at radius 2 is 1.74 bits per heavy atom. The summed E-state index contributed by atoms with van der Waals surface area (Å²) in [6.45, 7) is 21.4. The molecule has 0 aliphatic heterocycles. The van der Waals surface area contributed by atoms with E-state index in [1.165, 1.54) is 29.6 Å². The van der Waals surface area contributed by atoms with E-state index in [4.69, 9.17) is 10.8 Å². The molecular weight excluding hydrogens is 470 g/mol. The Morgan fingerprint density at radius 3 is 2.39 bits per heavy atom. The fraction of sp³-hybridized carbons (Fsp3) is 0.758. The highest BCUT2D eigenvalue weighted by Crippen LogP contribution is 2.76. The summed E-state index contributed by atoms with van der Waals surface area (Å²) in [4.78, 5) is 13.0. The number of H-pyrrole nitrogens is 1. The van der Waals surface area contributed by atoms with E-state index in [1.54, 1.807) is 0 Å². The molecule has 1 aromatic rings. The molecule has 7 atom stereocenters. The molecule has 1 unspecified atom stereocenters. The first kappa shape index (κ1) is 26.2. The summed E-state index contributed by atoms with van der Waals surface area (Å²) in [5, 5.41) is 18.5. The van der Waals surface area contributed by atoms with Crippen molar-refractivity contribution < 1.29 is 9.90 Å². The first-order valence-corrected chi connectivity index (χ1v) is 15.0. The zero-order chi connectivity index (χ0) is 27.7. The van der Waals surface area contributed by atoms with Gasteiger partial charge in [0.15, 0.2) is 0 Å². The van der Waals surface area contributed by atoms with Crippen molar-refractivity contribution in [2.45, 2.75) is 112 Å². The van der Waals surface area contributed by atoms with Gasteiger partial charge in [0, 0.05) is 11.0 Å². The highest BCUT2D eigenvalue weighted by atomic mass is 16.4. The number of anilines is 1. The van der Waals surface area contributed by atoms with Gasteiger partial charge < -0.3 is 10.8 Å². The van der Waals surface area contributed by atoms with Crippen molar-refractivity contribution in [3.05, 3.63) is 35.1 Å². The van der Waals surface area contributed by atoms with Gasteiger partial charge in [-0.05, 0) is 103 Å². The second kappa shape index (κ2) is 7.57. The summed E-state index contributed by atoms with van der Waals surface area (Å²) in [6, 6.07) is 0. The molecule has 0 aromatic carbocycles. The van der Waals surface area contributed by atoms with E-state index < -0.39 is 11.4 Å². The van der Waals surface area contributed by atoms with Crippen LogP contribution in [-0.4, -0.2) is 21.3 Å². The van der Waals surface area contributed by atoms with Crippen LogP contribution in [0.25, 0.3) is 0 Å². The monoisotopic (exact) mass is 519 g/mol. The Balaban J connectivity index is 1.54. The number of nitrogen functional groups attached to an aromatic ring is 1. The average Bonchev–Trinajstić information content (AvgIpc) is 3.19. The molecule has 1 aromatic heterocycles. The highest BCUT2D eigenvalue weighted by molar-refractivity contribution is 5.77. The smallest absolute Gasteiger partial charge is 0.310 e. The number of carboxylic acids is 1. The molecule has 4 N–H and O–H groups in total. The fourth-order valence-corrected chi connectivity index (χ4v) is 11.4. The van der Waals surface area contributed by atoms with Crippen LogP contribution in [0.4, 0.5) is 5.82 Å². The Morgan fingerprint density at radius 1 is 1.05 bits per heavy atom. The van der Waals surface area contributed by atoms with Gasteiger partial charge in [0.1, 0.15) is 5.82 Å². The predicted octanol–water partition coefficient (Wildman–Crippen LogP) is 7.45. The minimum Gasteiger partial charge on any atom is -0.481 e. The summed E-state index contributed by atoms with van der Waals surface area (Å²) in [5.74, 6) is 1.25. The number of nitrogens with zero attached hydrogens (tertiary/aromatic N) is 1. The van der Waals surface area contributed by atoms with Crippen LogP contribution < -0.4 is 5.73 Å². The van der Waals surface area contributed by atoms with Gasteiger partial charge in [-0.1, -0.05) is 66.7 Å². The lowest BCUT2D eigenvalue weighted by Gasteiger charge is -2.71. The molecule has 208 valence electrons. The number of hydrogen-bond acceptors (Lipinski definition) is 3. The molecule has 5 aliphatic carbocycles. The molecule has 3 fully saturated rings. The van der Waals surface area contributed by atoms with E-state index in [1.807, 2.05) is 0 Å². The molecular formula is C33H49N3O2. The summed E-state index contributed by atoms with van der Waals surface area (Å²) in [6.07, 6.45) is 10.9. The van der Waals surface area contributed by atoms with E-state index >= 15 is 0 Å². The van der Waals surface area contributed by atoms with E-state index in [-0.39, 0.29) is 33.0 Å². The van der Waals surface area contributed by atoms with Gasteiger partial charge in [-0.2, -0.15) is 5.10 Å². The second-order valence-electron chi connectivity index (χ2n) is 16.0. The molecule has 0 bridgehead atoms. The van der Waals surface area contributed by atoms with Crippen LogP contribution in [0.5, 0.6) is 0 Å². The molecule has 0 saturated heterocycles. The van der Waals surface area contributed by atoms with E-state index in [9.17, 15) is 9.90 Å². The van der Waals surface area contributed by atoms with E-state index in [0.717, 1.165) is 56.5 Å². The van der Waals surface area contributed by atoms with Crippen LogP contribution in [-0.2, 0) is 16.6 Å². The summed E-state index contributed by atoms with van der Waals surface area (Å²) >= 11 is 0. The molecule has 1 heterocycles. The van der Waals surface area contributed by atoms with Crippen molar-refractivity contribution in [2.24, 2.45) is 44.8 Å². The van der Waals surface area contributed by atoms with Crippen molar-refractivity contribution in [1.82, 2.24) is 10.2 Å². The number of fused-ring (bicyclic) bond motifs is 8. The highest BCUT2D eigenvalue weighted by Gasteiger charge is 2.70. The van der Waals surface area contributed by atoms with Gasteiger partial charge in [0.2, 0.25) is 0 Å². The molecule has 0 radical (unpaired) electrons. The fourth-order valence-electron chi connectivity index (χ4n) is 11.4. The third kappa shape index (κ3) is 2.94. The van der Waals surface area contributed by atoms with E-state index in [0.29, 0.717) is 11.8 Å². The van der Waals surface area contributed by atoms with Crippen LogP contribution in [0.1, 0.15) is 111 Å². The van der Waals surface area contributed by atoms with Crippen LogP contribution in [0.15, 0.2) is 23.8 Å². The molecule has 5 aliphatic rings. The molecule has 0 amide bonds. The normalized spacial score (nSPS) is 44.7. The number of aliphatic carboxylic acids is 1. The van der Waals surface area contributed by atoms with Crippen LogP contribution >= 0.6 is 0 Å². The van der Waals surface area contributed by atoms with Crippen LogP contribution in [0, 0.1) is 44.8 Å². The SMILES string of the molecule is C=CC1=C2[C@@H]3CC(C)(C)CC[C@]3(C(=O)O)CC[C@@]2(C)[C@]2(C)CC[C@H]3C(C)(C)c4n[nH]c(N)c4C[C@]3(C)C2C1. The standard InChI is InChI=1S/C33H49N3O2/c1-9-19-16-23-30(6)17-20-25(35-36-26(20)34)29(4,5)22(30)10-11-31(23,7)32(8)13-15-33(27(37)38)14-12-28(2,3)18-21(33)24(19)32/h9,21-23H,1,10-18H2,2-8H3,(H,37,38)(H3,34,35,36)/t21-,22-,23?,30-,31+,32+,33-/m0/s1. The third-order valence-electron chi connectivity index (χ3n) is 13.6. The van der Waals surface area contributed by atoms with Gasteiger partial charge in [0.25, 0.3) is 0 Å². The lowest BCUT2D eigenvalue weighted by molar-refractivity contribution is -0.177. The van der Waals surface area contributed by atoms with Gasteiger partial charge in [-0.25, -0.2) is 0 Å². The Labute approximate surface area is 229 Å². The Hall–Kier alpha value is -2.04. The minimum absolute atomic E-state index is 0.0309. The van der Waals surface area contributed by atoms with Gasteiger partial charge in [-0.3, -0.25) is 9.89 Å². The van der Waals surface area contributed by atoms with Gasteiger partial charge in [0.05, 0.1) is 11.1 Å². The maximum Gasteiger partial charge on any atom is 0.310 e. The Kier molecular flexibility index (Phi) is 5.22. The average molecular weight is 520 g/mol. The van der Waals surface area contributed by atoms with Crippen molar-refractivity contribution in [3.8, 4) is 0 Å². The van der Waals surface area contributed by atoms with Crippen LogP contribution in [0.2, 0.25) is 0 Å². The van der Waals surface area contributed by atoms with Crippen LogP contribution in [0.3, 0.4) is 0 Å². The number of nitrogens with two attached hydrogens (primary N) is 1. The van der Waals surface area contributed by atoms with Gasteiger partial charge in [-0.15, -0.1) is 0 Å². The number of allylic oxidation sites excluding steroid dienone is 3. The maximum absolute atomic E-state index is 13.0. The topological polar surface area (TPSA) is 92.0 Å². The second-order valence-corrected chi connectivity index (χ2v) is 16.0. The number of aromatic nitrogens is 2. The minimum atomic E-state index is -0.629. The predicted molar refractivity (Wildman–Crippen MR) is 153 cm³/mol. The molecule has 5 heteroatoms. The summed E-state index contributed by atoms with van der Waals surface area (Å²) in [7, 11) is 0. The first-order valence-electron chi connectivity index (χ1n) is 15.0. The maximum atomic E-state index is 13.0. The number of carbonyl (C=O) groups is 1. The molecule has 0 spiro atoms.